The van der Waals surface area contributed by atoms with Crippen molar-refractivity contribution < 1.29 is 23.9 Å². The van der Waals surface area contributed by atoms with Gasteiger partial charge in [-0.25, -0.2) is 9.18 Å². The zero-order valence-electron chi connectivity index (χ0n) is 15.2. The highest BCUT2D eigenvalue weighted by Gasteiger charge is 2.38. The van der Waals surface area contributed by atoms with Crippen molar-refractivity contribution in [1.29, 1.82) is 0 Å². The molecule has 0 spiro atoms. The predicted octanol–water partition coefficient (Wildman–Crippen LogP) is 2.22. The number of nitrogens with zero attached hydrogens (tertiary/aromatic N) is 2. The lowest BCUT2D eigenvalue weighted by atomic mass is 9.86. The third kappa shape index (κ3) is 4.04. The number of urea groups is 1. The lowest BCUT2D eigenvalue weighted by molar-refractivity contribution is -0.142. The molecule has 2 N–H and O–H groups in total. The molecule has 1 saturated heterocycles. The van der Waals surface area contributed by atoms with Gasteiger partial charge in [-0.1, -0.05) is 12.1 Å². The summed E-state index contributed by atoms with van der Waals surface area (Å²) in [5.41, 5.74) is 0.228. The monoisotopic (exact) mass is 377 g/mol. The van der Waals surface area contributed by atoms with E-state index >= 15 is 0 Å². The van der Waals surface area contributed by atoms with Gasteiger partial charge in [0.1, 0.15) is 11.9 Å². The third-order valence-corrected chi connectivity index (χ3v) is 5.51. The smallest absolute Gasteiger partial charge is 0.318 e. The highest BCUT2D eigenvalue weighted by Crippen LogP contribution is 2.27. The molecule has 0 bridgehead atoms. The maximum absolute atomic E-state index is 14.0. The zero-order valence-corrected chi connectivity index (χ0v) is 15.2. The summed E-state index contributed by atoms with van der Waals surface area (Å²) in [5, 5.41) is 11.9. The summed E-state index contributed by atoms with van der Waals surface area (Å²) < 4.78 is 14.0. The molecule has 3 amide bonds. The van der Waals surface area contributed by atoms with Gasteiger partial charge in [0, 0.05) is 19.6 Å². The Hall–Kier alpha value is -2.64. The van der Waals surface area contributed by atoms with Gasteiger partial charge in [-0.05, 0) is 44.2 Å². The van der Waals surface area contributed by atoms with Gasteiger partial charge in [-0.3, -0.25) is 9.59 Å². The number of carboxylic acid groups (broad SMARTS) is 1. The first-order chi connectivity index (χ1) is 12.9. The highest BCUT2D eigenvalue weighted by atomic mass is 19.1. The molecule has 2 aliphatic rings. The number of rotatable bonds is 4. The van der Waals surface area contributed by atoms with E-state index in [0.717, 1.165) is 0 Å². The molecule has 1 atom stereocenters. The molecular weight excluding hydrogens is 353 g/mol. The lowest BCUT2D eigenvalue weighted by Gasteiger charge is -2.30. The van der Waals surface area contributed by atoms with Gasteiger partial charge in [0.25, 0.3) is 0 Å². The van der Waals surface area contributed by atoms with Crippen molar-refractivity contribution in [1.82, 2.24) is 10.2 Å². The average Bonchev–Trinajstić information content (AvgIpc) is 3.03. The summed E-state index contributed by atoms with van der Waals surface area (Å²) in [4.78, 5) is 39.0. The summed E-state index contributed by atoms with van der Waals surface area (Å²) in [5.74, 6) is -1.90. The first kappa shape index (κ1) is 19.1. The molecular formula is C19H24FN3O4. The Morgan fingerprint density at radius 1 is 1.19 bits per heavy atom. The van der Waals surface area contributed by atoms with Gasteiger partial charge in [0.2, 0.25) is 5.91 Å². The fraction of sp³-hybridized carbons (Fsp3) is 0.526. The second kappa shape index (κ2) is 7.94. The second-order valence-electron chi connectivity index (χ2n) is 7.19. The van der Waals surface area contributed by atoms with Crippen molar-refractivity contribution in [2.24, 2.45) is 5.92 Å². The van der Waals surface area contributed by atoms with Crippen LogP contribution in [0.4, 0.5) is 14.9 Å². The molecule has 1 heterocycles. The molecule has 7 nitrogen and oxygen atoms in total. The van der Waals surface area contributed by atoms with Crippen LogP contribution in [-0.2, 0) is 9.59 Å². The number of anilines is 1. The van der Waals surface area contributed by atoms with Gasteiger partial charge in [0.15, 0.2) is 0 Å². The van der Waals surface area contributed by atoms with E-state index < -0.39 is 17.8 Å². The van der Waals surface area contributed by atoms with Crippen LogP contribution in [0, 0.1) is 11.7 Å². The first-order valence-corrected chi connectivity index (χ1v) is 9.20. The molecule has 0 radical (unpaired) electrons. The Morgan fingerprint density at radius 2 is 1.85 bits per heavy atom. The number of carbonyl (C=O) groups is 3. The van der Waals surface area contributed by atoms with E-state index in [0.29, 0.717) is 38.6 Å². The van der Waals surface area contributed by atoms with E-state index in [1.54, 1.807) is 25.2 Å². The van der Waals surface area contributed by atoms with Crippen LogP contribution in [0.5, 0.6) is 0 Å². The molecule has 3 rings (SSSR count). The van der Waals surface area contributed by atoms with Crippen molar-refractivity contribution in [2.45, 2.75) is 44.2 Å². The van der Waals surface area contributed by atoms with Crippen molar-refractivity contribution in [3.63, 3.8) is 0 Å². The van der Waals surface area contributed by atoms with E-state index in [4.69, 9.17) is 5.11 Å². The largest absolute Gasteiger partial charge is 0.481 e. The van der Waals surface area contributed by atoms with E-state index in [1.165, 1.54) is 15.9 Å². The molecule has 1 aliphatic heterocycles. The van der Waals surface area contributed by atoms with Crippen LogP contribution < -0.4 is 10.2 Å². The van der Waals surface area contributed by atoms with Crippen LogP contribution in [0.3, 0.4) is 0 Å². The number of hydrogen-bond donors (Lipinski definition) is 2. The number of benzene rings is 1. The molecule has 1 aliphatic carbocycles. The number of halogens is 1. The van der Waals surface area contributed by atoms with Crippen molar-refractivity contribution in [3.8, 4) is 0 Å². The number of carboxylic acids is 1. The topological polar surface area (TPSA) is 89.9 Å². The highest BCUT2D eigenvalue weighted by molar-refractivity contribution is 6.01. The number of likely N-dealkylation sites (N-methyl/N-ethyl adjacent to an activating group) is 1. The molecule has 1 aromatic carbocycles. The maximum atomic E-state index is 14.0. The molecule has 1 unspecified atom stereocenters. The Labute approximate surface area is 157 Å². The second-order valence-corrected chi connectivity index (χ2v) is 7.19. The van der Waals surface area contributed by atoms with Crippen LogP contribution in [0.15, 0.2) is 24.3 Å². The average molecular weight is 377 g/mol. The van der Waals surface area contributed by atoms with E-state index in [1.807, 2.05) is 0 Å². The number of nitrogens with one attached hydrogen (secondary N) is 1. The number of carbonyl (C=O) groups excluding carboxylic acids is 2. The minimum absolute atomic E-state index is 0.0882. The minimum Gasteiger partial charge on any atom is -0.481 e. The molecule has 146 valence electrons. The van der Waals surface area contributed by atoms with E-state index in [2.05, 4.69) is 5.32 Å². The summed E-state index contributed by atoms with van der Waals surface area (Å²) in [7, 11) is 1.56. The summed E-state index contributed by atoms with van der Waals surface area (Å²) >= 11 is 0. The van der Waals surface area contributed by atoms with Crippen LogP contribution in [0.1, 0.15) is 32.1 Å². The van der Waals surface area contributed by atoms with Crippen molar-refractivity contribution in [3.05, 3.63) is 30.1 Å². The molecule has 1 saturated carbocycles. The van der Waals surface area contributed by atoms with Gasteiger partial charge in [-0.2, -0.15) is 0 Å². The van der Waals surface area contributed by atoms with Gasteiger partial charge >= 0.3 is 12.0 Å². The van der Waals surface area contributed by atoms with Gasteiger partial charge in [-0.15, -0.1) is 0 Å². The number of aliphatic carboxylic acids is 1. The van der Waals surface area contributed by atoms with E-state index in [-0.39, 0.29) is 29.6 Å². The Bertz CT molecular complexity index is 733. The fourth-order valence-corrected chi connectivity index (χ4v) is 3.84. The maximum Gasteiger partial charge on any atom is 0.318 e. The molecule has 1 aromatic rings. The molecule has 27 heavy (non-hydrogen) atoms. The van der Waals surface area contributed by atoms with Crippen LogP contribution in [0.25, 0.3) is 0 Å². The Balaban J connectivity index is 1.57. The fourth-order valence-electron chi connectivity index (χ4n) is 3.84. The minimum atomic E-state index is -0.790. The third-order valence-electron chi connectivity index (χ3n) is 5.51. The predicted molar refractivity (Wildman–Crippen MR) is 96.8 cm³/mol. The number of amides is 3. The quantitative estimate of drug-likeness (QED) is 0.842. The molecule has 8 heteroatoms. The molecule has 2 fully saturated rings. The summed E-state index contributed by atoms with van der Waals surface area (Å²) in [6.07, 6.45) is 2.72. The molecule has 0 aromatic heterocycles. The van der Waals surface area contributed by atoms with Crippen molar-refractivity contribution in [2.75, 3.05) is 18.5 Å². The zero-order chi connectivity index (χ0) is 19.6. The van der Waals surface area contributed by atoms with Gasteiger partial charge in [0.05, 0.1) is 11.6 Å². The standard InChI is InChI=1S/C19H24FN3O4/c1-22(19(27)21-13-8-6-12(7-9-13)18(25)26)16-10-11-23(17(16)24)15-5-3-2-4-14(15)20/h2-5,12-13,16H,6-11H2,1H3,(H,21,27)(H,25,26). The number of para-hydroxylation sites is 1. The van der Waals surface area contributed by atoms with Crippen molar-refractivity contribution >= 4 is 23.6 Å². The summed E-state index contributed by atoms with van der Waals surface area (Å²) in [6, 6.07) is 5.01. The SMILES string of the molecule is CN(C(=O)NC1CCC(C(=O)O)CC1)C1CCN(c2ccccc2F)C1=O. The lowest BCUT2D eigenvalue weighted by Crippen LogP contribution is -2.50. The van der Waals surface area contributed by atoms with Crippen LogP contribution in [0.2, 0.25) is 0 Å². The van der Waals surface area contributed by atoms with Crippen LogP contribution >= 0.6 is 0 Å². The first-order valence-electron chi connectivity index (χ1n) is 9.20. The number of hydrogen-bond acceptors (Lipinski definition) is 3. The van der Waals surface area contributed by atoms with E-state index in [9.17, 15) is 18.8 Å². The van der Waals surface area contributed by atoms with Gasteiger partial charge < -0.3 is 20.2 Å². The van der Waals surface area contributed by atoms with Crippen LogP contribution in [-0.4, -0.2) is 53.6 Å². The normalized spacial score (nSPS) is 25.3. The Kier molecular flexibility index (Phi) is 5.62. The Morgan fingerprint density at radius 3 is 2.48 bits per heavy atom. The summed E-state index contributed by atoms with van der Waals surface area (Å²) in [6.45, 7) is 0.353.